The monoisotopic (exact) mass is 274 g/mol. The Bertz CT molecular complexity index is 538. The van der Waals surface area contributed by atoms with Gasteiger partial charge in [-0.05, 0) is 24.3 Å². The quantitative estimate of drug-likeness (QED) is 0.598. The second-order valence-electron chi connectivity index (χ2n) is 4.35. The van der Waals surface area contributed by atoms with Crippen LogP contribution in [0.4, 0.5) is 5.69 Å². The van der Waals surface area contributed by atoms with Crippen molar-refractivity contribution >= 4 is 11.6 Å². The molecule has 0 aliphatic rings. The van der Waals surface area contributed by atoms with Gasteiger partial charge in [-0.3, -0.25) is 4.79 Å². The van der Waals surface area contributed by atoms with Crippen LogP contribution in [0.1, 0.15) is 12.2 Å². The average Bonchev–Trinajstić information content (AvgIpc) is 2.95. The first-order valence-corrected chi connectivity index (χ1v) is 6.51. The highest BCUT2D eigenvalue weighted by molar-refractivity contribution is 5.76. The van der Waals surface area contributed by atoms with Crippen molar-refractivity contribution in [2.45, 2.75) is 12.8 Å². The SMILES string of the molecule is Nc1cccc(OCCNC(=O)CCc2ccco2)c1. The van der Waals surface area contributed by atoms with E-state index in [9.17, 15) is 4.79 Å². The maximum atomic E-state index is 11.6. The number of hydrogen-bond donors (Lipinski definition) is 2. The van der Waals surface area contributed by atoms with E-state index in [1.807, 2.05) is 24.3 Å². The van der Waals surface area contributed by atoms with Gasteiger partial charge in [0.25, 0.3) is 0 Å². The zero-order valence-electron chi connectivity index (χ0n) is 11.2. The van der Waals surface area contributed by atoms with Crippen LogP contribution in [0, 0.1) is 0 Å². The number of benzene rings is 1. The first-order chi connectivity index (χ1) is 9.74. The topological polar surface area (TPSA) is 77.5 Å². The van der Waals surface area contributed by atoms with Crippen molar-refractivity contribution in [3.63, 3.8) is 0 Å². The van der Waals surface area contributed by atoms with Gasteiger partial charge in [0.05, 0.1) is 12.8 Å². The van der Waals surface area contributed by atoms with Gasteiger partial charge in [-0.25, -0.2) is 0 Å². The van der Waals surface area contributed by atoms with Gasteiger partial charge in [-0.2, -0.15) is 0 Å². The smallest absolute Gasteiger partial charge is 0.220 e. The van der Waals surface area contributed by atoms with Gasteiger partial charge < -0.3 is 20.2 Å². The molecule has 0 saturated carbocycles. The second kappa shape index (κ2) is 7.23. The highest BCUT2D eigenvalue weighted by Crippen LogP contribution is 2.13. The summed E-state index contributed by atoms with van der Waals surface area (Å²) in [5.41, 5.74) is 6.30. The molecule has 2 aromatic rings. The van der Waals surface area contributed by atoms with E-state index in [1.54, 1.807) is 18.4 Å². The van der Waals surface area contributed by atoms with Crippen molar-refractivity contribution in [3.05, 3.63) is 48.4 Å². The van der Waals surface area contributed by atoms with Crippen molar-refractivity contribution < 1.29 is 13.9 Å². The molecule has 0 fully saturated rings. The molecule has 1 aromatic carbocycles. The van der Waals surface area contributed by atoms with Crippen LogP contribution < -0.4 is 15.8 Å². The molecule has 0 saturated heterocycles. The summed E-state index contributed by atoms with van der Waals surface area (Å²) >= 11 is 0. The van der Waals surface area contributed by atoms with Crippen molar-refractivity contribution in [2.24, 2.45) is 0 Å². The van der Waals surface area contributed by atoms with Crippen LogP contribution >= 0.6 is 0 Å². The number of nitrogen functional groups attached to an aromatic ring is 1. The van der Waals surface area contributed by atoms with E-state index in [0.29, 0.717) is 37.4 Å². The van der Waals surface area contributed by atoms with Crippen LogP contribution in [0.5, 0.6) is 5.75 Å². The van der Waals surface area contributed by atoms with Crippen LogP contribution in [0.2, 0.25) is 0 Å². The molecular weight excluding hydrogens is 256 g/mol. The summed E-state index contributed by atoms with van der Waals surface area (Å²) in [5, 5.41) is 2.79. The van der Waals surface area contributed by atoms with Gasteiger partial charge in [-0.15, -0.1) is 0 Å². The fraction of sp³-hybridized carbons (Fsp3) is 0.267. The van der Waals surface area contributed by atoms with Gasteiger partial charge in [-0.1, -0.05) is 6.07 Å². The van der Waals surface area contributed by atoms with E-state index in [2.05, 4.69) is 5.32 Å². The Morgan fingerprint density at radius 2 is 2.20 bits per heavy atom. The number of anilines is 1. The predicted molar refractivity (Wildman–Crippen MR) is 76.4 cm³/mol. The Balaban J connectivity index is 1.59. The second-order valence-corrected chi connectivity index (χ2v) is 4.35. The molecule has 1 aromatic heterocycles. The minimum absolute atomic E-state index is 0.0161. The van der Waals surface area contributed by atoms with E-state index in [-0.39, 0.29) is 5.91 Å². The van der Waals surface area contributed by atoms with Crippen LogP contribution in [-0.4, -0.2) is 19.1 Å². The third-order valence-electron chi connectivity index (χ3n) is 2.73. The first-order valence-electron chi connectivity index (χ1n) is 6.51. The lowest BCUT2D eigenvalue weighted by atomic mass is 10.2. The molecule has 0 unspecified atom stereocenters. The first kappa shape index (κ1) is 14.0. The molecule has 20 heavy (non-hydrogen) atoms. The third kappa shape index (κ3) is 4.68. The Kier molecular flexibility index (Phi) is 5.06. The molecule has 106 valence electrons. The minimum Gasteiger partial charge on any atom is -0.492 e. The maximum absolute atomic E-state index is 11.6. The lowest BCUT2D eigenvalue weighted by molar-refractivity contribution is -0.121. The molecule has 0 spiro atoms. The molecule has 0 aliphatic heterocycles. The number of carbonyl (C=O) groups is 1. The van der Waals surface area contributed by atoms with E-state index >= 15 is 0 Å². The lowest BCUT2D eigenvalue weighted by Gasteiger charge is -2.08. The molecule has 1 amide bonds. The minimum atomic E-state index is -0.0161. The van der Waals surface area contributed by atoms with Crippen molar-refractivity contribution in [1.82, 2.24) is 5.32 Å². The van der Waals surface area contributed by atoms with Crippen LogP contribution in [-0.2, 0) is 11.2 Å². The third-order valence-corrected chi connectivity index (χ3v) is 2.73. The summed E-state index contributed by atoms with van der Waals surface area (Å²) in [6, 6.07) is 10.9. The van der Waals surface area contributed by atoms with E-state index in [0.717, 1.165) is 5.76 Å². The Morgan fingerprint density at radius 3 is 2.95 bits per heavy atom. The summed E-state index contributed by atoms with van der Waals surface area (Å²) in [6.07, 6.45) is 2.62. The van der Waals surface area contributed by atoms with Gasteiger partial charge in [0.15, 0.2) is 0 Å². The van der Waals surface area contributed by atoms with Crippen LogP contribution in [0.25, 0.3) is 0 Å². The number of ether oxygens (including phenoxy) is 1. The predicted octanol–water partition coefficient (Wildman–Crippen LogP) is 1.99. The molecule has 5 nitrogen and oxygen atoms in total. The Labute approximate surface area is 117 Å². The molecule has 0 radical (unpaired) electrons. The highest BCUT2D eigenvalue weighted by Gasteiger charge is 2.03. The highest BCUT2D eigenvalue weighted by atomic mass is 16.5. The van der Waals surface area contributed by atoms with Crippen LogP contribution in [0.15, 0.2) is 47.1 Å². The summed E-state index contributed by atoms with van der Waals surface area (Å²) in [6.45, 7) is 0.877. The van der Waals surface area contributed by atoms with Crippen molar-refractivity contribution in [1.29, 1.82) is 0 Å². The van der Waals surface area contributed by atoms with E-state index in [1.165, 1.54) is 0 Å². The number of furan rings is 1. The van der Waals surface area contributed by atoms with Gasteiger partial charge in [0, 0.05) is 24.6 Å². The molecule has 2 rings (SSSR count). The Morgan fingerprint density at radius 1 is 1.30 bits per heavy atom. The molecule has 0 bridgehead atoms. The fourth-order valence-electron chi connectivity index (χ4n) is 1.74. The van der Waals surface area contributed by atoms with Gasteiger partial charge in [0.2, 0.25) is 5.91 Å². The number of nitrogens with two attached hydrogens (primary N) is 1. The zero-order chi connectivity index (χ0) is 14.2. The molecule has 3 N–H and O–H groups in total. The molecule has 5 heteroatoms. The summed E-state index contributed by atoms with van der Waals surface area (Å²) in [5.74, 6) is 1.50. The van der Waals surface area contributed by atoms with E-state index < -0.39 is 0 Å². The standard InChI is InChI=1S/C15H18N2O3/c16-12-3-1-4-14(11-12)20-10-8-17-15(18)7-6-13-5-2-9-19-13/h1-5,9,11H,6-8,10,16H2,(H,17,18). The number of amides is 1. The normalized spacial score (nSPS) is 10.2. The van der Waals surface area contributed by atoms with Crippen molar-refractivity contribution in [3.8, 4) is 5.75 Å². The molecule has 1 heterocycles. The fourth-order valence-corrected chi connectivity index (χ4v) is 1.74. The number of aryl methyl sites for hydroxylation is 1. The van der Waals surface area contributed by atoms with Crippen LogP contribution in [0.3, 0.4) is 0 Å². The number of carbonyl (C=O) groups excluding carboxylic acids is 1. The summed E-state index contributed by atoms with van der Waals surface area (Å²) < 4.78 is 10.6. The summed E-state index contributed by atoms with van der Waals surface area (Å²) in [4.78, 5) is 11.6. The number of nitrogens with one attached hydrogen (secondary N) is 1. The summed E-state index contributed by atoms with van der Waals surface area (Å²) in [7, 11) is 0. The number of hydrogen-bond acceptors (Lipinski definition) is 4. The van der Waals surface area contributed by atoms with Crippen molar-refractivity contribution in [2.75, 3.05) is 18.9 Å². The molecule has 0 aliphatic carbocycles. The average molecular weight is 274 g/mol. The Hall–Kier alpha value is -2.43. The van der Waals surface area contributed by atoms with Gasteiger partial charge >= 0.3 is 0 Å². The van der Waals surface area contributed by atoms with Gasteiger partial charge in [0.1, 0.15) is 18.1 Å². The zero-order valence-corrected chi connectivity index (χ0v) is 11.2. The number of rotatable bonds is 7. The molecule has 0 atom stereocenters. The lowest BCUT2D eigenvalue weighted by Crippen LogP contribution is -2.28. The largest absolute Gasteiger partial charge is 0.492 e. The molecular formula is C15H18N2O3. The maximum Gasteiger partial charge on any atom is 0.220 e. The van der Waals surface area contributed by atoms with E-state index in [4.69, 9.17) is 14.9 Å².